The van der Waals surface area contributed by atoms with Crippen molar-refractivity contribution >= 4 is 17.2 Å². The molecule has 1 fully saturated rings. The number of thiazole rings is 1. The molecular formula is C12H15N5OS. The largest absolute Gasteiger partial charge is 0.338 e. The summed E-state index contributed by atoms with van der Waals surface area (Å²) in [5, 5.41) is 12.5. The minimum atomic E-state index is -0.522. The number of carbonyl (C=O) groups is 1. The first-order valence-corrected chi connectivity index (χ1v) is 7.09. The van der Waals surface area contributed by atoms with Gasteiger partial charge in [0, 0.05) is 17.5 Å². The molecule has 100 valence electrons. The standard InChI is InChI=1S/C12H15N5OS/c1-12(2,11-13-5-6-19-11)15-10(18)9-14-8(16-17-9)7-3-4-7/h5-7H,3-4H2,1-2H3,(H,15,18)(H,14,16,17). The Morgan fingerprint density at radius 1 is 1.53 bits per heavy atom. The predicted octanol–water partition coefficient (Wildman–Crippen LogP) is 1.80. The highest BCUT2D eigenvalue weighted by atomic mass is 32.1. The van der Waals surface area contributed by atoms with Gasteiger partial charge in [-0.1, -0.05) is 0 Å². The molecule has 1 aliphatic carbocycles. The molecule has 0 unspecified atom stereocenters. The van der Waals surface area contributed by atoms with E-state index in [0.29, 0.717) is 5.92 Å². The molecule has 2 aromatic heterocycles. The van der Waals surface area contributed by atoms with Crippen LogP contribution in [0.4, 0.5) is 0 Å². The van der Waals surface area contributed by atoms with Crippen LogP contribution >= 0.6 is 11.3 Å². The van der Waals surface area contributed by atoms with E-state index >= 15 is 0 Å². The van der Waals surface area contributed by atoms with E-state index in [4.69, 9.17) is 0 Å². The number of hydrogen-bond acceptors (Lipinski definition) is 5. The first-order chi connectivity index (χ1) is 9.06. The van der Waals surface area contributed by atoms with E-state index in [2.05, 4.69) is 25.5 Å². The number of carbonyl (C=O) groups excluding carboxylic acids is 1. The first-order valence-electron chi connectivity index (χ1n) is 6.21. The Balaban J connectivity index is 1.73. The van der Waals surface area contributed by atoms with Crippen LogP contribution in [0.25, 0.3) is 0 Å². The molecule has 1 aliphatic rings. The monoisotopic (exact) mass is 277 g/mol. The van der Waals surface area contributed by atoms with Gasteiger partial charge in [0.2, 0.25) is 5.82 Å². The zero-order valence-electron chi connectivity index (χ0n) is 10.8. The zero-order chi connectivity index (χ0) is 13.5. The van der Waals surface area contributed by atoms with Gasteiger partial charge in [-0.25, -0.2) is 9.97 Å². The average Bonchev–Trinajstić information content (AvgIpc) is 2.90. The Labute approximate surface area is 114 Å². The van der Waals surface area contributed by atoms with E-state index in [1.165, 1.54) is 11.3 Å². The summed E-state index contributed by atoms with van der Waals surface area (Å²) in [6.45, 7) is 3.83. The van der Waals surface area contributed by atoms with Gasteiger partial charge >= 0.3 is 0 Å². The van der Waals surface area contributed by atoms with Crippen molar-refractivity contribution in [1.82, 2.24) is 25.5 Å². The SMILES string of the molecule is CC(C)(NC(=O)c1n[nH]c(C2CC2)n1)c1nccs1. The second-order valence-electron chi connectivity index (χ2n) is 5.23. The molecule has 1 amide bonds. The number of aromatic nitrogens is 4. The van der Waals surface area contributed by atoms with Gasteiger partial charge in [-0.05, 0) is 26.7 Å². The second kappa shape index (κ2) is 4.41. The fraction of sp³-hybridized carbons (Fsp3) is 0.500. The first kappa shape index (κ1) is 12.3. The van der Waals surface area contributed by atoms with Crippen molar-refractivity contribution in [1.29, 1.82) is 0 Å². The van der Waals surface area contributed by atoms with Crippen molar-refractivity contribution in [3.63, 3.8) is 0 Å². The summed E-state index contributed by atoms with van der Waals surface area (Å²) >= 11 is 1.51. The lowest BCUT2D eigenvalue weighted by Gasteiger charge is -2.22. The van der Waals surface area contributed by atoms with E-state index in [-0.39, 0.29) is 11.7 Å². The smallest absolute Gasteiger partial charge is 0.291 e. The second-order valence-corrected chi connectivity index (χ2v) is 6.13. The van der Waals surface area contributed by atoms with Crippen molar-refractivity contribution < 1.29 is 4.79 Å². The molecular weight excluding hydrogens is 262 g/mol. The highest BCUT2D eigenvalue weighted by Crippen LogP contribution is 2.37. The lowest BCUT2D eigenvalue weighted by Crippen LogP contribution is -2.41. The van der Waals surface area contributed by atoms with Crippen molar-refractivity contribution in [3.8, 4) is 0 Å². The molecule has 0 atom stereocenters. The summed E-state index contributed by atoms with van der Waals surface area (Å²) in [4.78, 5) is 20.6. The maximum Gasteiger partial charge on any atom is 0.291 e. The van der Waals surface area contributed by atoms with Crippen LogP contribution < -0.4 is 5.32 Å². The Bertz CT molecular complexity index is 585. The summed E-state index contributed by atoms with van der Waals surface area (Å²) in [5.74, 6) is 1.20. The van der Waals surface area contributed by atoms with E-state index in [1.54, 1.807) is 6.20 Å². The molecule has 2 heterocycles. The summed E-state index contributed by atoms with van der Waals surface area (Å²) in [7, 11) is 0. The van der Waals surface area contributed by atoms with Gasteiger partial charge in [0.05, 0.1) is 5.54 Å². The Hall–Kier alpha value is -1.76. The molecule has 0 aliphatic heterocycles. The van der Waals surface area contributed by atoms with Crippen molar-refractivity contribution in [3.05, 3.63) is 28.2 Å². The molecule has 2 N–H and O–H groups in total. The van der Waals surface area contributed by atoms with Crippen LogP contribution in [0, 0.1) is 0 Å². The van der Waals surface area contributed by atoms with Crippen LogP contribution in [0.15, 0.2) is 11.6 Å². The molecule has 6 nitrogen and oxygen atoms in total. The molecule has 1 saturated carbocycles. The van der Waals surface area contributed by atoms with Crippen LogP contribution in [0.1, 0.15) is 54.1 Å². The third-order valence-corrected chi connectivity index (χ3v) is 4.16. The summed E-state index contributed by atoms with van der Waals surface area (Å²) in [6.07, 6.45) is 3.98. The lowest BCUT2D eigenvalue weighted by atomic mass is 10.1. The van der Waals surface area contributed by atoms with Gasteiger partial charge < -0.3 is 5.32 Å². The third-order valence-electron chi connectivity index (χ3n) is 3.06. The van der Waals surface area contributed by atoms with Gasteiger partial charge in [0.25, 0.3) is 5.91 Å². The van der Waals surface area contributed by atoms with Gasteiger partial charge in [-0.2, -0.15) is 0 Å². The fourth-order valence-corrected chi connectivity index (χ4v) is 2.56. The van der Waals surface area contributed by atoms with Crippen LogP contribution in [-0.2, 0) is 5.54 Å². The fourth-order valence-electron chi connectivity index (χ4n) is 1.84. The third kappa shape index (κ3) is 2.51. The number of rotatable bonds is 4. The zero-order valence-corrected chi connectivity index (χ0v) is 11.6. The number of nitrogens with zero attached hydrogens (tertiary/aromatic N) is 3. The lowest BCUT2D eigenvalue weighted by molar-refractivity contribution is 0.0901. The quantitative estimate of drug-likeness (QED) is 0.892. The molecule has 0 saturated heterocycles. The number of amides is 1. The molecule has 0 bridgehead atoms. The van der Waals surface area contributed by atoms with E-state index in [1.807, 2.05) is 19.2 Å². The van der Waals surface area contributed by atoms with Crippen LogP contribution in [-0.4, -0.2) is 26.1 Å². The summed E-state index contributed by atoms with van der Waals surface area (Å²) in [6, 6.07) is 0. The number of H-pyrrole nitrogens is 1. The number of hydrogen-bond donors (Lipinski definition) is 2. The van der Waals surface area contributed by atoms with Crippen molar-refractivity contribution in [2.24, 2.45) is 0 Å². The van der Waals surface area contributed by atoms with Crippen LogP contribution in [0.2, 0.25) is 0 Å². The summed E-state index contributed by atoms with van der Waals surface area (Å²) in [5.41, 5.74) is -0.522. The summed E-state index contributed by atoms with van der Waals surface area (Å²) < 4.78 is 0. The van der Waals surface area contributed by atoms with Crippen LogP contribution in [0.5, 0.6) is 0 Å². The van der Waals surface area contributed by atoms with E-state index in [0.717, 1.165) is 23.7 Å². The van der Waals surface area contributed by atoms with Crippen LogP contribution in [0.3, 0.4) is 0 Å². The Morgan fingerprint density at radius 2 is 2.32 bits per heavy atom. The van der Waals surface area contributed by atoms with Crippen molar-refractivity contribution in [2.75, 3.05) is 0 Å². The molecule has 19 heavy (non-hydrogen) atoms. The van der Waals surface area contributed by atoms with Gasteiger partial charge in [-0.3, -0.25) is 9.89 Å². The normalized spacial score (nSPS) is 15.5. The highest BCUT2D eigenvalue weighted by Gasteiger charge is 2.30. The minimum Gasteiger partial charge on any atom is -0.338 e. The predicted molar refractivity (Wildman–Crippen MR) is 71.0 cm³/mol. The van der Waals surface area contributed by atoms with E-state index < -0.39 is 5.54 Å². The maximum absolute atomic E-state index is 12.1. The molecule has 2 aromatic rings. The molecule has 0 spiro atoms. The average molecular weight is 277 g/mol. The Kier molecular flexibility index (Phi) is 2.85. The molecule has 0 radical (unpaired) electrons. The van der Waals surface area contributed by atoms with Crippen molar-refractivity contribution in [2.45, 2.75) is 38.1 Å². The maximum atomic E-state index is 12.1. The molecule has 7 heteroatoms. The minimum absolute atomic E-state index is 0.200. The number of nitrogens with one attached hydrogen (secondary N) is 2. The highest BCUT2D eigenvalue weighted by molar-refractivity contribution is 7.09. The van der Waals surface area contributed by atoms with Gasteiger partial charge in [-0.15, -0.1) is 16.4 Å². The van der Waals surface area contributed by atoms with Gasteiger partial charge in [0.1, 0.15) is 10.8 Å². The number of aromatic amines is 1. The van der Waals surface area contributed by atoms with E-state index in [9.17, 15) is 4.79 Å². The molecule has 3 rings (SSSR count). The Morgan fingerprint density at radius 3 is 2.95 bits per heavy atom. The molecule has 0 aromatic carbocycles. The van der Waals surface area contributed by atoms with Gasteiger partial charge in [0.15, 0.2) is 0 Å². The topological polar surface area (TPSA) is 83.6 Å².